The number of amides is 1. The summed E-state index contributed by atoms with van der Waals surface area (Å²) < 4.78 is 6.25. The second-order valence-corrected chi connectivity index (χ2v) is 8.57. The van der Waals surface area contributed by atoms with Crippen LogP contribution in [-0.4, -0.2) is 53.6 Å². The summed E-state index contributed by atoms with van der Waals surface area (Å²) in [6.07, 6.45) is 8.17. The number of hydrogen-bond donors (Lipinski definition) is 2. The number of aromatic nitrogens is 2. The fraction of sp³-hybridized carbons (Fsp3) is 0.455. The van der Waals surface area contributed by atoms with Gasteiger partial charge in [0.25, 0.3) is 5.91 Å². The Morgan fingerprint density at radius 3 is 3.10 bits per heavy atom. The van der Waals surface area contributed by atoms with Crippen molar-refractivity contribution in [3.05, 3.63) is 52.9 Å². The van der Waals surface area contributed by atoms with E-state index in [1.165, 1.54) is 28.5 Å². The number of ether oxygens (including phenoxy) is 1. The van der Waals surface area contributed by atoms with Crippen LogP contribution in [0.2, 0.25) is 0 Å². The number of fused-ring (bicyclic) bond motifs is 1. The van der Waals surface area contributed by atoms with Crippen LogP contribution < -0.4 is 5.32 Å². The molecule has 1 unspecified atom stereocenters. The number of carbonyl (C=O) groups excluding carboxylic acids is 1. The first-order chi connectivity index (χ1) is 14.3. The molecule has 4 rings (SSSR count). The van der Waals surface area contributed by atoms with Gasteiger partial charge in [0.2, 0.25) is 0 Å². The number of hydrogen-bond acceptors (Lipinski definition) is 5. The number of nitrogens with one attached hydrogen (secondary N) is 2. The maximum atomic E-state index is 12.9. The van der Waals surface area contributed by atoms with Gasteiger partial charge < -0.3 is 15.0 Å². The van der Waals surface area contributed by atoms with Crippen LogP contribution >= 0.6 is 11.3 Å². The maximum absolute atomic E-state index is 12.9. The van der Waals surface area contributed by atoms with E-state index in [1.807, 2.05) is 18.5 Å². The predicted octanol–water partition coefficient (Wildman–Crippen LogP) is 3.60. The van der Waals surface area contributed by atoms with Gasteiger partial charge in [-0.1, -0.05) is 24.6 Å². The van der Waals surface area contributed by atoms with Crippen molar-refractivity contribution in [1.82, 2.24) is 20.2 Å². The van der Waals surface area contributed by atoms with Crippen LogP contribution in [0.4, 0.5) is 0 Å². The molecule has 1 aromatic carbocycles. The van der Waals surface area contributed by atoms with Crippen LogP contribution in [0.15, 0.2) is 36.7 Å². The Morgan fingerprint density at radius 1 is 1.38 bits per heavy atom. The second kappa shape index (κ2) is 9.52. The smallest absolute Gasteiger partial charge is 0.261 e. The lowest BCUT2D eigenvalue weighted by Gasteiger charge is -2.35. The lowest BCUT2D eigenvalue weighted by atomic mass is 9.94. The van der Waals surface area contributed by atoms with E-state index in [4.69, 9.17) is 4.74 Å². The number of imidazole rings is 1. The van der Waals surface area contributed by atoms with Gasteiger partial charge in [-0.15, -0.1) is 11.3 Å². The SMILES string of the molecule is COCCNC(=O)c1sc2ccccc2c1CC1CCCCN1Cc1ncc[nH]1. The largest absolute Gasteiger partial charge is 0.383 e. The van der Waals surface area contributed by atoms with Gasteiger partial charge in [0.15, 0.2) is 0 Å². The molecular formula is C22H28N4O2S. The Kier molecular flexibility index (Phi) is 6.59. The number of rotatable bonds is 8. The summed E-state index contributed by atoms with van der Waals surface area (Å²) >= 11 is 1.60. The molecule has 3 heterocycles. The van der Waals surface area contributed by atoms with Gasteiger partial charge in [0, 0.05) is 36.8 Å². The molecule has 1 atom stereocenters. The first-order valence-corrected chi connectivity index (χ1v) is 11.1. The van der Waals surface area contributed by atoms with Crippen LogP contribution in [0.3, 0.4) is 0 Å². The molecule has 1 amide bonds. The molecule has 0 radical (unpaired) electrons. The van der Waals surface area contributed by atoms with Crippen molar-refractivity contribution in [3.63, 3.8) is 0 Å². The third kappa shape index (κ3) is 4.69. The van der Waals surface area contributed by atoms with Gasteiger partial charge in [0.05, 0.1) is 18.0 Å². The van der Waals surface area contributed by atoms with E-state index in [9.17, 15) is 4.79 Å². The van der Waals surface area contributed by atoms with Crippen LogP contribution in [0, 0.1) is 0 Å². The predicted molar refractivity (Wildman–Crippen MR) is 116 cm³/mol. The number of carbonyl (C=O) groups is 1. The number of likely N-dealkylation sites (tertiary alicyclic amines) is 1. The summed E-state index contributed by atoms with van der Waals surface area (Å²) in [5.41, 5.74) is 1.18. The number of methoxy groups -OCH3 is 1. The van der Waals surface area contributed by atoms with E-state index in [0.717, 1.165) is 36.6 Å². The number of H-pyrrole nitrogens is 1. The third-order valence-electron chi connectivity index (χ3n) is 5.59. The molecule has 0 bridgehead atoms. The highest BCUT2D eigenvalue weighted by molar-refractivity contribution is 7.21. The summed E-state index contributed by atoms with van der Waals surface area (Å²) in [6.45, 7) is 2.94. The molecule has 29 heavy (non-hydrogen) atoms. The molecule has 1 saturated heterocycles. The summed E-state index contributed by atoms with van der Waals surface area (Å²) in [6, 6.07) is 8.77. The standard InChI is InChI=1S/C22H28N4O2S/c1-28-13-11-25-22(27)21-18(17-7-2-3-8-19(17)29-21)14-16-6-4-5-12-26(16)15-20-23-9-10-24-20/h2-3,7-10,16H,4-6,11-15H2,1H3,(H,23,24)(H,25,27). The summed E-state index contributed by atoms with van der Waals surface area (Å²) in [4.78, 5) is 23.9. The molecule has 1 fully saturated rings. The number of aromatic amines is 1. The van der Waals surface area contributed by atoms with E-state index < -0.39 is 0 Å². The van der Waals surface area contributed by atoms with Crippen molar-refractivity contribution in [3.8, 4) is 0 Å². The Morgan fingerprint density at radius 2 is 2.28 bits per heavy atom. The molecule has 0 aliphatic carbocycles. The normalized spacial score (nSPS) is 17.6. The average Bonchev–Trinajstić information content (AvgIpc) is 3.38. The summed E-state index contributed by atoms with van der Waals surface area (Å²) in [5.74, 6) is 1.01. The van der Waals surface area contributed by atoms with Gasteiger partial charge in [-0.05, 0) is 42.8 Å². The van der Waals surface area contributed by atoms with Crippen molar-refractivity contribution in [1.29, 1.82) is 0 Å². The van der Waals surface area contributed by atoms with Crippen molar-refractivity contribution >= 4 is 27.3 Å². The molecule has 0 saturated carbocycles. The molecule has 2 N–H and O–H groups in total. The van der Waals surface area contributed by atoms with E-state index in [0.29, 0.717) is 19.2 Å². The van der Waals surface area contributed by atoms with Gasteiger partial charge >= 0.3 is 0 Å². The molecule has 7 heteroatoms. The number of thiophene rings is 1. The Hall–Kier alpha value is -2.22. The minimum atomic E-state index is 0.00615. The Balaban J connectivity index is 1.59. The fourth-order valence-corrected chi connectivity index (χ4v) is 5.29. The van der Waals surface area contributed by atoms with Gasteiger partial charge in [0.1, 0.15) is 5.82 Å². The lowest BCUT2D eigenvalue weighted by molar-refractivity contribution is 0.0938. The average molecular weight is 413 g/mol. The molecule has 6 nitrogen and oxygen atoms in total. The molecule has 0 spiro atoms. The molecular weight excluding hydrogens is 384 g/mol. The number of piperidine rings is 1. The van der Waals surface area contributed by atoms with Gasteiger partial charge in [-0.3, -0.25) is 9.69 Å². The monoisotopic (exact) mass is 412 g/mol. The Labute approximate surface area is 175 Å². The minimum Gasteiger partial charge on any atom is -0.383 e. The highest BCUT2D eigenvalue weighted by Crippen LogP contribution is 2.34. The van der Waals surface area contributed by atoms with Crippen molar-refractivity contribution in [2.24, 2.45) is 0 Å². The van der Waals surface area contributed by atoms with E-state index >= 15 is 0 Å². The summed E-state index contributed by atoms with van der Waals surface area (Å²) in [5, 5.41) is 4.21. The second-order valence-electron chi connectivity index (χ2n) is 7.51. The Bertz CT molecular complexity index is 938. The number of nitrogens with zero attached hydrogens (tertiary/aromatic N) is 2. The highest BCUT2D eigenvalue weighted by atomic mass is 32.1. The van der Waals surface area contributed by atoms with Crippen molar-refractivity contribution < 1.29 is 9.53 Å². The van der Waals surface area contributed by atoms with E-state index in [2.05, 4.69) is 38.4 Å². The van der Waals surface area contributed by atoms with Gasteiger partial charge in [-0.25, -0.2) is 4.98 Å². The highest BCUT2D eigenvalue weighted by Gasteiger charge is 2.27. The van der Waals surface area contributed by atoms with Crippen LogP contribution in [0.1, 0.15) is 40.3 Å². The lowest BCUT2D eigenvalue weighted by Crippen LogP contribution is -2.40. The fourth-order valence-electron chi connectivity index (χ4n) is 4.14. The molecule has 3 aromatic rings. The van der Waals surface area contributed by atoms with E-state index in [-0.39, 0.29) is 5.91 Å². The molecule has 1 aliphatic heterocycles. The molecule has 154 valence electrons. The minimum absolute atomic E-state index is 0.00615. The first-order valence-electron chi connectivity index (χ1n) is 10.3. The first kappa shape index (κ1) is 20.1. The van der Waals surface area contributed by atoms with Crippen molar-refractivity contribution in [2.75, 3.05) is 26.8 Å². The van der Waals surface area contributed by atoms with Crippen molar-refractivity contribution in [2.45, 2.75) is 38.3 Å². The summed E-state index contributed by atoms with van der Waals surface area (Å²) in [7, 11) is 1.65. The zero-order chi connectivity index (χ0) is 20.1. The molecule has 1 aliphatic rings. The zero-order valence-electron chi connectivity index (χ0n) is 16.8. The maximum Gasteiger partial charge on any atom is 0.261 e. The van der Waals surface area contributed by atoms with Crippen LogP contribution in [0.25, 0.3) is 10.1 Å². The quantitative estimate of drug-likeness (QED) is 0.555. The van der Waals surface area contributed by atoms with Crippen LogP contribution in [-0.2, 0) is 17.7 Å². The van der Waals surface area contributed by atoms with Gasteiger partial charge in [-0.2, -0.15) is 0 Å². The third-order valence-corrected chi connectivity index (χ3v) is 6.80. The van der Waals surface area contributed by atoms with Crippen LogP contribution in [0.5, 0.6) is 0 Å². The van der Waals surface area contributed by atoms with E-state index in [1.54, 1.807) is 18.4 Å². The number of benzene rings is 1. The zero-order valence-corrected chi connectivity index (χ0v) is 17.6. The molecule has 2 aromatic heterocycles. The topological polar surface area (TPSA) is 70.2 Å².